The Balaban J connectivity index is 0.000000144. The Morgan fingerprint density at radius 3 is 1.38 bits per heavy atom. The van der Waals surface area contributed by atoms with Crippen LogP contribution in [0.5, 0.6) is 0 Å². The highest BCUT2D eigenvalue weighted by Gasteiger charge is 2.31. The van der Waals surface area contributed by atoms with Gasteiger partial charge in [0.05, 0.1) is 72.1 Å². The Labute approximate surface area is 666 Å². The van der Waals surface area contributed by atoms with Crippen molar-refractivity contribution in [3.63, 3.8) is 0 Å². The van der Waals surface area contributed by atoms with Gasteiger partial charge in [0.2, 0.25) is 29.7 Å². The van der Waals surface area contributed by atoms with Gasteiger partial charge in [-0.15, -0.1) is 0 Å². The molecule has 35 nitrogen and oxygen atoms in total. The van der Waals surface area contributed by atoms with Crippen LogP contribution in [-0.2, 0) is 57.7 Å². The molecular formula is C81H88N24O11. The molecule has 4 saturated heterocycles. The predicted octanol–water partition coefficient (Wildman–Crippen LogP) is 9.34. The number of piperazine rings is 3. The second-order valence-corrected chi connectivity index (χ2v) is 27.6. The molecule has 0 bridgehead atoms. The van der Waals surface area contributed by atoms with Gasteiger partial charge in [-0.1, -0.05) is 18.2 Å². The SMILES string of the molecule is CCOC(=O)Nc1nc2c(-c3ccccn3)cc(-c3cnc(CN4CCN(C)C(=O)C4)nc3)cc2[nH]1.CCOC(=O)Nc1nc2c(-c3ncccn3)cc(-c3ccc(CN4CCN(C(=O)C5CCCO5)CC4)nc3)cc2[nH]1.CCOC(=O)Nc1nc2c(-c3ncccn3)cc(-c3ccc(CN4CCN(C(=O)COC)CC4)nc3)cc2[nH]1. The van der Waals surface area contributed by atoms with Crippen LogP contribution in [-0.4, -0.2) is 265 Å². The number of nitrogens with one attached hydrogen (secondary N) is 6. The molecule has 3 aromatic carbocycles. The van der Waals surface area contributed by atoms with E-state index in [1.165, 1.54) is 7.11 Å². The summed E-state index contributed by atoms with van der Waals surface area (Å²) in [6.07, 6.45) is 15.5. The summed E-state index contributed by atoms with van der Waals surface area (Å²) in [4.78, 5) is 148. The van der Waals surface area contributed by atoms with E-state index in [-0.39, 0.29) is 68.1 Å². The van der Waals surface area contributed by atoms with E-state index in [9.17, 15) is 28.8 Å². The molecule has 35 heteroatoms. The smallest absolute Gasteiger partial charge is 0.413 e. The van der Waals surface area contributed by atoms with Crippen LogP contribution in [0.15, 0.2) is 147 Å². The number of hydrogen-bond acceptors (Lipinski definition) is 26. The zero-order valence-corrected chi connectivity index (χ0v) is 64.8. The number of benzene rings is 3. The number of rotatable bonds is 21. The molecule has 598 valence electrons. The minimum absolute atomic E-state index is 0.0259. The van der Waals surface area contributed by atoms with Crippen LogP contribution in [0.2, 0.25) is 0 Å². The van der Waals surface area contributed by atoms with Crippen molar-refractivity contribution >= 4 is 86.9 Å². The summed E-state index contributed by atoms with van der Waals surface area (Å²) in [5.41, 5.74) is 14.3. The summed E-state index contributed by atoms with van der Waals surface area (Å²) in [6, 6.07) is 29.1. The standard InChI is InChI=1S/C29H32N8O4.C27H30N8O4.C25H26N8O3/c1-2-40-29(39)35-28-33-23-16-20(15-22(25(23)34-28)26-30-8-4-9-31-26)19-6-7-21(32-17-19)18-36-10-12-37(13-11-36)27(38)24-5-3-14-41-24;1-3-39-27(37)33-26-31-22-14-19(13-21(24(22)32-26)25-28-7-4-8-29-25)18-5-6-20(30-15-18)16-34-9-11-35(12-10-34)23(36)17-38-2;1-3-36-25(35)31-24-29-20-11-16(10-18(23(20)30-24)19-6-4-5-7-26-19)17-12-27-21(28-13-17)14-33-9-8-32(2)22(34)15-33/h4,6-9,15-17,24H,2-3,5,10-14,18H2,1H3,(H2,33,34,35,39);4-8,13-15H,3,9-12,16-17H2,1-2H3,(H2,31,32,33,37);4-7,10-13H,3,8-9,14-15H2,1-2H3,(H2,29,30,31,35). The van der Waals surface area contributed by atoms with Crippen molar-refractivity contribution in [1.29, 1.82) is 0 Å². The van der Waals surface area contributed by atoms with Crippen molar-refractivity contribution in [1.82, 2.24) is 104 Å². The quantitative estimate of drug-likeness (QED) is 0.0365. The lowest BCUT2D eigenvalue weighted by Crippen LogP contribution is -2.51. The predicted molar refractivity (Wildman–Crippen MR) is 430 cm³/mol. The molecule has 0 saturated carbocycles. The molecule has 0 spiro atoms. The Bertz CT molecular complexity index is 5390. The minimum atomic E-state index is -0.586. The van der Waals surface area contributed by atoms with Crippen LogP contribution >= 0.6 is 0 Å². The lowest BCUT2D eigenvalue weighted by Gasteiger charge is -2.35. The number of carbonyl (C=O) groups excluding carboxylic acids is 6. The first-order valence-electron chi connectivity index (χ1n) is 38.3. The summed E-state index contributed by atoms with van der Waals surface area (Å²) >= 11 is 0. The second-order valence-electron chi connectivity index (χ2n) is 27.6. The normalized spacial score (nSPS) is 15.3. The molecule has 6 N–H and O–H groups in total. The number of carbonyl (C=O) groups is 6. The third-order valence-corrected chi connectivity index (χ3v) is 19.7. The van der Waals surface area contributed by atoms with Gasteiger partial charge in [-0.2, -0.15) is 0 Å². The molecule has 1 unspecified atom stereocenters. The van der Waals surface area contributed by atoms with E-state index < -0.39 is 18.3 Å². The number of pyridine rings is 3. The number of methoxy groups -OCH3 is 1. The number of aromatic amines is 3. The number of likely N-dealkylation sites (N-methyl/N-ethyl adjacent to an activating group) is 1. The average Bonchev–Trinajstić information content (AvgIpc) is 1.64. The summed E-state index contributed by atoms with van der Waals surface area (Å²) in [6.45, 7) is 16.6. The van der Waals surface area contributed by atoms with Crippen molar-refractivity contribution in [2.45, 2.75) is 59.4 Å². The van der Waals surface area contributed by atoms with Crippen molar-refractivity contribution < 1.29 is 52.5 Å². The van der Waals surface area contributed by atoms with Gasteiger partial charge < -0.3 is 53.3 Å². The third kappa shape index (κ3) is 19.9. The number of amides is 6. The monoisotopic (exact) mass is 1570 g/mol. The summed E-state index contributed by atoms with van der Waals surface area (Å²) in [5.74, 6) is 2.79. The lowest BCUT2D eigenvalue weighted by molar-refractivity contribution is -0.142. The molecule has 16 rings (SSSR count). The number of aromatic nitrogens is 15. The number of ether oxygens (including phenoxy) is 5. The summed E-state index contributed by atoms with van der Waals surface area (Å²) in [7, 11) is 3.35. The molecule has 12 aromatic rings. The highest BCUT2D eigenvalue weighted by Crippen LogP contribution is 2.37. The minimum Gasteiger partial charge on any atom is -0.450 e. The van der Waals surface area contributed by atoms with Gasteiger partial charge in [0, 0.05) is 188 Å². The van der Waals surface area contributed by atoms with Crippen molar-refractivity contribution in [2.24, 2.45) is 0 Å². The first kappa shape index (κ1) is 79.4. The summed E-state index contributed by atoms with van der Waals surface area (Å²) in [5, 5.41) is 7.86. The fourth-order valence-corrected chi connectivity index (χ4v) is 13.8. The maximum Gasteiger partial charge on any atom is 0.413 e. The maximum absolute atomic E-state index is 12.6. The molecule has 4 aliphatic heterocycles. The fourth-order valence-electron chi connectivity index (χ4n) is 13.8. The number of fused-ring (bicyclic) bond motifs is 3. The number of H-pyrrole nitrogens is 3. The average molecular weight is 1570 g/mol. The number of anilines is 3. The van der Waals surface area contributed by atoms with E-state index in [1.807, 2.05) is 113 Å². The lowest BCUT2D eigenvalue weighted by atomic mass is 10.0. The van der Waals surface area contributed by atoms with Gasteiger partial charge in [-0.05, 0) is 123 Å². The fraction of sp³-hybridized carbons (Fsp3) is 0.333. The van der Waals surface area contributed by atoms with Crippen molar-refractivity contribution in [3.8, 4) is 67.4 Å². The highest BCUT2D eigenvalue weighted by molar-refractivity contribution is 6.00. The number of hydrogen-bond donors (Lipinski definition) is 6. The molecule has 1 atom stereocenters. The van der Waals surface area contributed by atoms with Crippen LogP contribution in [0.25, 0.3) is 101 Å². The van der Waals surface area contributed by atoms with Gasteiger partial charge in [0.25, 0.3) is 5.91 Å². The van der Waals surface area contributed by atoms with Gasteiger partial charge in [0.1, 0.15) is 29.6 Å². The molecule has 116 heavy (non-hydrogen) atoms. The third-order valence-electron chi connectivity index (χ3n) is 19.7. The Morgan fingerprint density at radius 1 is 0.483 bits per heavy atom. The van der Waals surface area contributed by atoms with Crippen LogP contribution < -0.4 is 16.0 Å². The van der Waals surface area contributed by atoms with E-state index >= 15 is 0 Å². The molecule has 9 aromatic heterocycles. The van der Waals surface area contributed by atoms with E-state index in [2.05, 4.69) is 90.5 Å². The van der Waals surface area contributed by atoms with Crippen LogP contribution in [0, 0.1) is 0 Å². The van der Waals surface area contributed by atoms with Crippen LogP contribution in [0.1, 0.15) is 50.8 Å². The molecule has 4 fully saturated rings. The first-order valence-corrected chi connectivity index (χ1v) is 38.3. The number of imidazole rings is 3. The summed E-state index contributed by atoms with van der Waals surface area (Å²) < 4.78 is 25.4. The van der Waals surface area contributed by atoms with Gasteiger partial charge in [-0.25, -0.2) is 59.2 Å². The van der Waals surface area contributed by atoms with Gasteiger partial charge >= 0.3 is 18.3 Å². The van der Waals surface area contributed by atoms with E-state index in [1.54, 1.807) is 81.2 Å². The first-order chi connectivity index (χ1) is 56.6. The highest BCUT2D eigenvalue weighted by atomic mass is 16.6. The molecule has 4 aliphatic rings. The molecular weight excluding hydrogens is 1490 g/mol. The van der Waals surface area contributed by atoms with Crippen LogP contribution in [0.3, 0.4) is 0 Å². The number of nitrogens with zero attached hydrogens (tertiary/aromatic N) is 18. The van der Waals surface area contributed by atoms with Crippen molar-refractivity contribution in [2.75, 3.05) is 135 Å². The molecule has 0 radical (unpaired) electrons. The molecule has 0 aliphatic carbocycles. The Hall–Kier alpha value is -13.2. The van der Waals surface area contributed by atoms with Gasteiger partial charge in [0.15, 0.2) is 11.6 Å². The van der Waals surface area contributed by atoms with E-state index in [4.69, 9.17) is 33.7 Å². The van der Waals surface area contributed by atoms with E-state index in [0.717, 1.165) is 124 Å². The Kier molecular flexibility index (Phi) is 25.8. The zero-order valence-electron chi connectivity index (χ0n) is 64.8. The van der Waals surface area contributed by atoms with Crippen LogP contribution in [0.4, 0.5) is 32.2 Å². The zero-order chi connectivity index (χ0) is 80.4. The molecule has 6 amide bonds. The second kappa shape index (κ2) is 37.6. The Morgan fingerprint density at radius 2 is 0.940 bits per heavy atom. The van der Waals surface area contributed by atoms with E-state index in [0.29, 0.717) is 105 Å². The topological polar surface area (TPSA) is 406 Å². The maximum atomic E-state index is 12.6. The van der Waals surface area contributed by atoms with Crippen molar-refractivity contribution in [3.05, 3.63) is 164 Å². The largest absolute Gasteiger partial charge is 0.450 e. The van der Waals surface area contributed by atoms with Gasteiger partial charge in [-0.3, -0.25) is 60.0 Å². The molecule has 13 heterocycles.